The van der Waals surface area contributed by atoms with Crippen LogP contribution >= 0.6 is 11.8 Å². The van der Waals surface area contributed by atoms with Crippen LogP contribution in [0, 0.1) is 13.8 Å². The van der Waals surface area contributed by atoms with Crippen LogP contribution in [-0.2, 0) is 5.75 Å². The highest BCUT2D eigenvalue weighted by Crippen LogP contribution is 2.33. The van der Waals surface area contributed by atoms with Gasteiger partial charge in [-0.3, -0.25) is 0 Å². The molecule has 0 aliphatic rings. The Morgan fingerprint density at radius 2 is 1.86 bits per heavy atom. The second-order valence-corrected chi connectivity index (χ2v) is 8.04. The van der Waals surface area contributed by atoms with Crippen molar-refractivity contribution in [2.24, 2.45) is 0 Å². The molecular formula is C23H19N5S. The van der Waals surface area contributed by atoms with Crippen LogP contribution in [0.5, 0.6) is 0 Å². The number of aromatic amines is 1. The van der Waals surface area contributed by atoms with Gasteiger partial charge in [0, 0.05) is 16.7 Å². The number of para-hydroxylation sites is 1. The lowest BCUT2D eigenvalue weighted by atomic mass is 10.0. The van der Waals surface area contributed by atoms with Gasteiger partial charge in [0.1, 0.15) is 16.9 Å². The van der Waals surface area contributed by atoms with Crippen molar-refractivity contribution in [2.45, 2.75) is 24.6 Å². The monoisotopic (exact) mass is 397 g/mol. The lowest BCUT2D eigenvalue weighted by Crippen LogP contribution is -1.96. The number of nitrogens with one attached hydrogen (secondary N) is 1. The Kier molecular flexibility index (Phi) is 4.48. The molecule has 0 unspecified atom stereocenters. The SMILES string of the molecule is Cc1cccc(-c2nc3c(C)cccc3cc2CSc2ncnc3nc[nH]c23)c1. The standard InChI is InChI=1S/C23H19N5S/c1-14-5-3-7-16(9-14)20-18(10-17-8-4-6-15(2)19(17)28-20)11-29-23-21-22(25-12-24-21)26-13-27-23/h3-10,12-13H,11H2,1-2H3,(H,24,25,26,27). The third-order valence-electron chi connectivity index (χ3n) is 4.97. The maximum absolute atomic E-state index is 5.08. The zero-order chi connectivity index (χ0) is 19.8. The van der Waals surface area contributed by atoms with E-state index in [1.54, 1.807) is 24.4 Å². The number of imidazole rings is 1. The zero-order valence-corrected chi connectivity index (χ0v) is 17.0. The molecule has 0 radical (unpaired) electrons. The van der Waals surface area contributed by atoms with Crippen LogP contribution in [0.3, 0.4) is 0 Å². The molecule has 3 aromatic heterocycles. The van der Waals surface area contributed by atoms with E-state index in [1.165, 1.54) is 16.7 Å². The minimum absolute atomic E-state index is 0.689. The van der Waals surface area contributed by atoms with Gasteiger partial charge in [-0.15, -0.1) is 0 Å². The molecule has 0 fully saturated rings. The molecule has 142 valence electrons. The van der Waals surface area contributed by atoms with Gasteiger partial charge in [-0.1, -0.05) is 53.7 Å². The molecule has 0 bridgehead atoms. The summed E-state index contributed by atoms with van der Waals surface area (Å²) in [6, 6.07) is 17.1. The fraction of sp³-hybridized carbons (Fsp3) is 0.130. The summed E-state index contributed by atoms with van der Waals surface area (Å²) < 4.78 is 0. The zero-order valence-electron chi connectivity index (χ0n) is 16.2. The topological polar surface area (TPSA) is 67.3 Å². The van der Waals surface area contributed by atoms with Crippen LogP contribution in [-0.4, -0.2) is 24.9 Å². The van der Waals surface area contributed by atoms with Crippen LogP contribution in [0.1, 0.15) is 16.7 Å². The van der Waals surface area contributed by atoms with Gasteiger partial charge in [-0.25, -0.2) is 19.9 Å². The van der Waals surface area contributed by atoms with E-state index in [1.807, 2.05) is 0 Å². The van der Waals surface area contributed by atoms with Gasteiger partial charge in [0.25, 0.3) is 0 Å². The molecule has 1 N–H and O–H groups in total. The molecule has 0 atom stereocenters. The molecule has 5 aromatic rings. The largest absolute Gasteiger partial charge is 0.341 e. The van der Waals surface area contributed by atoms with Crippen LogP contribution in [0.4, 0.5) is 0 Å². The quantitative estimate of drug-likeness (QED) is 0.321. The Bertz CT molecular complexity index is 1340. The summed E-state index contributed by atoms with van der Waals surface area (Å²) in [6.45, 7) is 4.22. The predicted molar refractivity (Wildman–Crippen MR) is 118 cm³/mol. The highest BCUT2D eigenvalue weighted by atomic mass is 32.2. The Labute approximate surface area is 172 Å². The molecule has 6 heteroatoms. The maximum atomic E-state index is 5.08. The molecule has 29 heavy (non-hydrogen) atoms. The molecule has 0 saturated carbocycles. The fourth-order valence-corrected chi connectivity index (χ4v) is 4.47. The van der Waals surface area contributed by atoms with Crippen molar-refractivity contribution < 1.29 is 0 Å². The summed E-state index contributed by atoms with van der Waals surface area (Å²) in [5.74, 6) is 0.755. The third kappa shape index (κ3) is 3.36. The van der Waals surface area contributed by atoms with Crippen LogP contribution < -0.4 is 0 Å². The van der Waals surface area contributed by atoms with E-state index in [-0.39, 0.29) is 0 Å². The number of fused-ring (bicyclic) bond motifs is 2. The Hall–Kier alpha value is -3.25. The molecule has 5 rings (SSSR count). The summed E-state index contributed by atoms with van der Waals surface area (Å²) in [4.78, 5) is 21.1. The number of thioether (sulfide) groups is 1. The summed E-state index contributed by atoms with van der Waals surface area (Å²) in [5, 5.41) is 2.05. The van der Waals surface area contributed by atoms with E-state index in [9.17, 15) is 0 Å². The van der Waals surface area contributed by atoms with E-state index in [0.29, 0.717) is 5.65 Å². The minimum atomic E-state index is 0.689. The first-order chi connectivity index (χ1) is 14.2. The summed E-state index contributed by atoms with van der Waals surface area (Å²) in [6.07, 6.45) is 3.22. The van der Waals surface area contributed by atoms with Crippen molar-refractivity contribution in [3.63, 3.8) is 0 Å². The number of nitrogens with zero attached hydrogens (tertiary/aromatic N) is 4. The first-order valence-electron chi connectivity index (χ1n) is 9.42. The average Bonchev–Trinajstić information content (AvgIpc) is 3.21. The lowest BCUT2D eigenvalue weighted by Gasteiger charge is -2.13. The normalized spacial score (nSPS) is 11.4. The average molecular weight is 398 g/mol. The lowest BCUT2D eigenvalue weighted by molar-refractivity contribution is 1.08. The van der Waals surface area contributed by atoms with Crippen molar-refractivity contribution in [3.8, 4) is 11.3 Å². The second kappa shape index (κ2) is 7.29. The molecule has 5 nitrogen and oxygen atoms in total. The second-order valence-electron chi connectivity index (χ2n) is 7.08. The molecule has 3 heterocycles. The molecule has 0 aliphatic carbocycles. The fourth-order valence-electron chi connectivity index (χ4n) is 3.54. The number of aromatic nitrogens is 5. The van der Waals surface area contributed by atoms with Gasteiger partial charge in [-0.2, -0.15) is 0 Å². The van der Waals surface area contributed by atoms with Gasteiger partial charge < -0.3 is 4.98 Å². The number of hydrogen-bond donors (Lipinski definition) is 1. The molecule has 0 amide bonds. The minimum Gasteiger partial charge on any atom is -0.341 e. The van der Waals surface area contributed by atoms with Crippen molar-refractivity contribution in [3.05, 3.63) is 77.9 Å². The van der Waals surface area contributed by atoms with Crippen LogP contribution in [0.2, 0.25) is 0 Å². The predicted octanol–water partition coefficient (Wildman–Crippen LogP) is 5.48. The van der Waals surface area contributed by atoms with E-state index in [2.05, 4.69) is 82.3 Å². The molecule has 0 aliphatic heterocycles. The Morgan fingerprint density at radius 3 is 2.76 bits per heavy atom. The van der Waals surface area contributed by atoms with Crippen molar-refractivity contribution in [1.82, 2.24) is 24.9 Å². The summed E-state index contributed by atoms with van der Waals surface area (Å²) in [5.41, 5.74) is 8.37. The van der Waals surface area contributed by atoms with Crippen molar-refractivity contribution in [1.29, 1.82) is 0 Å². The number of aryl methyl sites for hydroxylation is 2. The van der Waals surface area contributed by atoms with Gasteiger partial charge >= 0.3 is 0 Å². The Morgan fingerprint density at radius 1 is 0.966 bits per heavy atom. The molecule has 2 aromatic carbocycles. The van der Waals surface area contributed by atoms with Crippen molar-refractivity contribution in [2.75, 3.05) is 0 Å². The summed E-state index contributed by atoms with van der Waals surface area (Å²) in [7, 11) is 0. The van der Waals surface area contributed by atoms with Gasteiger partial charge in [0.05, 0.1) is 17.5 Å². The first-order valence-corrected chi connectivity index (χ1v) is 10.4. The molecular weight excluding hydrogens is 378 g/mol. The molecule has 0 saturated heterocycles. The van der Waals surface area contributed by atoms with Gasteiger partial charge in [-0.05, 0) is 37.1 Å². The maximum Gasteiger partial charge on any atom is 0.181 e. The highest BCUT2D eigenvalue weighted by Gasteiger charge is 2.13. The molecule has 0 spiro atoms. The highest BCUT2D eigenvalue weighted by molar-refractivity contribution is 7.98. The third-order valence-corrected chi connectivity index (χ3v) is 6.01. The van der Waals surface area contributed by atoms with E-state index in [0.717, 1.165) is 38.5 Å². The smallest absolute Gasteiger partial charge is 0.181 e. The van der Waals surface area contributed by atoms with Crippen LogP contribution in [0.15, 0.2) is 66.2 Å². The number of rotatable bonds is 4. The van der Waals surface area contributed by atoms with E-state index < -0.39 is 0 Å². The summed E-state index contributed by atoms with van der Waals surface area (Å²) >= 11 is 1.67. The number of pyridine rings is 1. The number of benzene rings is 2. The number of hydrogen-bond acceptors (Lipinski definition) is 5. The number of H-pyrrole nitrogens is 1. The van der Waals surface area contributed by atoms with Gasteiger partial charge in [0.2, 0.25) is 0 Å². The first kappa shape index (κ1) is 17.8. The van der Waals surface area contributed by atoms with Crippen LogP contribution in [0.25, 0.3) is 33.3 Å². The van der Waals surface area contributed by atoms with E-state index in [4.69, 9.17) is 4.98 Å². The Balaban J connectivity index is 1.61. The van der Waals surface area contributed by atoms with Gasteiger partial charge in [0.15, 0.2) is 5.65 Å². The van der Waals surface area contributed by atoms with E-state index >= 15 is 0 Å². The van der Waals surface area contributed by atoms with Crippen molar-refractivity contribution >= 4 is 33.8 Å².